The molecule has 0 radical (unpaired) electrons. The number of nitrogens with one attached hydrogen (secondary N) is 1. The van der Waals surface area contributed by atoms with E-state index in [4.69, 9.17) is 30.9 Å². The molecule has 29 heavy (non-hydrogen) atoms. The number of nitrogens with zero attached hydrogens (tertiary/aromatic N) is 4. The second kappa shape index (κ2) is 8.05. The van der Waals surface area contributed by atoms with Gasteiger partial charge in [0.05, 0.1) is 18.2 Å². The monoisotopic (exact) mass is 449 g/mol. The predicted octanol–water partition coefficient (Wildman–Crippen LogP) is 0.0726. The quantitative estimate of drug-likeness (QED) is 0.272. The van der Waals surface area contributed by atoms with Crippen molar-refractivity contribution in [3.8, 4) is 0 Å². The van der Waals surface area contributed by atoms with Crippen LogP contribution in [0, 0.1) is 5.92 Å². The Morgan fingerprint density at radius 1 is 1.31 bits per heavy atom. The Balaban J connectivity index is 1.53. The maximum absolute atomic E-state index is 10.9. The molecule has 1 saturated carbocycles. The van der Waals surface area contributed by atoms with E-state index in [1.807, 2.05) is 0 Å². The van der Waals surface area contributed by atoms with Crippen molar-refractivity contribution in [2.24, 2.45) is 5.92 Å². The molecule has 0 bridgehead atoms. The van der Waals surface area contributed by atoms with Gasteiger partial charge in [0.2, 0.25) is 5.28 Å². The first-order chi connectivity index (χ1) is 13.7. The first kappa shape index (κ1) is 20.9. The first-order valence-corrected chi connectivity index (χ1v) is 11.2. The second-order valence-electron chi connectivity index (χ2n) is 7.20. The van der Waals surface area contributed by atoms with Gasteiger partial charge in [-0.3, -0.25) is 4.57 Å². The van der Waals surface area contributed by atoms with Crippen LogP contribution in [0.4, 0.5) is 5.82 Å². The molecule has 0 aromatic carbocycles. The zero-order chi connectivity index (χ0) is 20.8. The summed E-state index contributed by atoms with van der Waals surface area (Å²) < 4.78 is 22.7. The smallest absolute Gasteiger partial charge is 0.350 e. The number of aromatic nitrogens is 4. The summed E-state index contributed by atoms with van der Waals surface area (Å²) in [4.78, 5) is 26.1. The van der Waals surface area contributed by atoms with Gasteiger partial charge in [-0.15, -0.1) is 0 Å². The van der Waals surface area contributed by atoms with E-state index in [0.717, 1.165) is 6.54 Å². The van der Waals surface area contributed by atoms with Crippen molar-refractivity contribution in [1.29, 1.82) is 0 Å². The van der Waals surface area contributed by atoms with E-state index in [2.05, 4.69) is 20.4 Å². The van der Waals surface area contributed by atoms with Crippen LogP contribution >= 0.6 is 19.2 Å². The minimum atomic E-state index is -4.35. The van der Waals surface area contributed by atoms with Gasteiger partial charge in [-0.25, -0.2) is 4.68 Å². The predicted molar refractivity (Wildman–Crippen MR) is 100 cm³/mol. The number of hydrogen-bond acceptors (Lipinski definition) is 9. The number of aliphatic hydroxyl groups is 2. The van der Waals surface area contributed by atoms with Crippen LogP contribution in [0.1, 0.15) is 19.1 Å². The van der Waals surface area contributed by atoms with Crippen LogP contribution in [0.3, 0.4) is 0 Å². The average molecular weight is 450 g/mol. The molecule has 14 heteroatoms. The van der Waals surface area contributed by atoms with E-state index in [-0.39, 0.29) is 11.9 Å². The van der Waals surface area contributed by atoms with Crippen LogP contribution in [-0.2, 0) is 14.0 Å². The highest BCUT2D eigenvalue weighted by Gasteiger charge is 2.45. The fraction of sp³-hybridized carbons (Fsp3) is 0.667. The van der Waals surface area contributed by atoms with E-state index < -0.39 is 38.5 Å². The van der Waals surface area contributed by atoms with Crippen LogP contribution < -0.4 is 5.32 Å². The zero-order valence-electron chi connectivity index (χ0n) is 15.1. The number of anilines is 1. The van der Waals surface area contributed by atoms with E-state index in [1.165, 1.54) is 23.7 Å². The first-order valence-electron chi connectivity index (χ1n) is 9.01. The SMILES string of the molecule is O=P(O)(O)COC[C@H]1O[C@@H](n2ncc3c(NCC4CC4)nc(Cl)nc32)[C@H](O)[C@@H]1O. The Hall–Kier alpha value is -1.37. The Kier molecular flexibility index (Phi) is 5.79. The number of rotatable bonds is 8. The zero-order valence-corrected chi connectivity index (χ0v) is 16.8. The summed E-state index contributed by atoms with van der Waals surface area (Å²) in [6, 6.07) is 0. The van der Waals surface area contributed by atoms with Crippen LogP contribution in [0.5, 0.6) is 0 Å². The third-order valence-electron chi connectivity index (χ3n) is 4.80. The summed E-state index contributed by atoms with van der Waals surface area (Å²) in [5.74, 6) is 1.13. The third-order valence-corrected chi connectivity index (χ3v) is 5.49. The number of aliphatic hydroxyl groups excluding tert-OH is 2. The molecule has 0 amide bonds. The molecule has 12 nitrogen and oxygen atoms in total. The van der Waals surface area contributed by atoms with Crippen molar-refractivity contribution in [2.45, 2.75) is 37.4 Å². The molecule has 2 aromatic rings. The van der Waals surface area contributed by atoms with Crippen LogP contribution in [-0.4, -0.2) is 77.6 Å². The Morgan fingerprint density at radius 2 is 2.07 bits per heavy atom. The lowest BCUT2D eigenvalue weighted by molar-refractivity contribution is -0.0658. The molecule has 4 atom stereocenters. The Bertz CT molecular complexity index is 935. The Labute approximate surface area is 170 Å². The average Bonchev–Trinajstić information content (AvgIpc) is 3.32. The molecule has 2 aromatic heterocycles. The standard InChI is InChI=1S/C15H21ClN5O7P/c16-15-19-12(17-3-7-1-2-7)8-4-18-21(13(8)20-15)14-11(23)10(22)9(28-14)5-27-6-29(24,25)26/h4,7,9-11,14,22-23H,1-3,5-6H2,(H,17,19,20)(H2,24,25,26)/t9-,10-,11-,14-/m1/s1. The molecule has 160 valence electrons. The number of halogens is 1. The largest absolute Gasteiger partial charge is 0.387 e. The summed E-state index contributed by atoms with van der Waals surface area (Å²) in [6.07, 6.45) is -1.78. The molecule has 5 N–H and O–H groups in total. The van der Waals surface area contributed by atoms with Gasteiger partial charge in [-0.1, -0.05) is 0 Å². The molecule has 2 aliphatic rings. The molecule has 0 spiro atoms. The van der Waals surface area contributed by atoms with Crippen molar-refractivity contribution >= 4 is 36.0 Å². The third kappa shape index (κ3) is 4.70. The maximum Gasteiger partial charge on any atom is 0.350 e. The lowest BCUT2D eigenvalue weighted by atomic mass is 10.1. The van der Waals surface area contributed by atoms with Gasteiger partial charge in [0.15, 0.2) is 11.9 Å². The molecule has 4 rings (SSSR count). The fourth-order valence-electron chi connectivity index (χ4n) is 3.14. The number of ether oxygens (including phenoxy) is 2. The van der Waals surface area contributed by atoms with Crippen molar-refractivity contribution in [1.82, 2.24) is 19.7 Å². The second-order valence-corrected chi connectivity index (χ2v) is 9.13. The molecular weight excluding hydrogens is 429 g/mol. The van der Waals surface area contributed by atoms with E-state index in [9.17, 15) is 14.8 Å². The van der Waals surface area contributed by atoms with Crippen molar-refractivity contribution in [3.63, 3.8) is 0 Å². The van der Waals surface area contributed by atoms with Crippen molar-refractivity contribution < 1.29 is 34.0 Å². The lowest BCUT2D eigenvalue weighted by Gasteiger charge is -2.16. The van der Waals surface area contributed by atoms with Crippen LogP contribution in [0.2, 0.25) is 5.28 Å². The lowest BCUT2D eigenvalue weighted by Crippen LogP contribution is -2.34. The summed E-state index contributed by atoms with van der Waals surface area (Å²) in [7, 11) is -4.35. The minimum absolute atomic E-state index is 0.00731. The normalized spacial score (nSPS) is 27.6. The number of fused-ring (bicyclic) bond motifs is 1. The molecule has 2 fully saturated rings. The summed E-state index contributed by atoms with van der Waals surface area (Å²) in [6.45, 7) is 0.441. The van der Waals surface area contributed by atoms with E-state index in [0.29, 0.717) is 22.8 Å². The van der Waals surface area contributed by atoms with Crippen LogP contribution in [0.15, 0.2) is 6.20 Å². The molecule has 0 unspecified atom stereocenters. The molecular formula is C15H21ClN5O7P. The highest BCUT2D eigenvalue weighted by molar-refractivity contribution is 7.51. The minimum Gasteiger partial charge on any atom is -0.387 e. The molecule has 1 aliphatic carbocycles. The summed E-state index contributed by atoms with van der Waals surface area (Å²) in [5, 5.41) is 28.7. The highest BCUT2D eigenvalue weighted by atomic mass is 35.5. The highest BCUT2D eigenvalue weighted by Crippen LogP contribution is 2.36. The molecule has 1 saturated heterocycles. The van der Waals surface area contributed by atoms with Gasteiger partial charge >= 0.3 is 7.60 Å². The summed E-state index contributed by atoms with van der Waals surface area (Å²) in [5.41, 5.74) is 0.316. The van der Waals surface area contributed by atoms with Gasteiger partial charge in [-0.2, -0.15) is 15.1 Å². The van der Waals surface area contributed by atoms with Gasteiger partial charge in [0.1, 0.15) is 30.5 Å². The van der Waals surface area contributed by atoms with Crippen molar-refractivity contribution in [2.75, 3.05) is 24.8 Å². The van der Waals surface area contributed by atoms with Crippen LogP contribution in [0.25, 0.3) is 11.0 Å². The maximum atomic E-state index is 10.9. The van der Waals surface area contributed by atoms with Crippen molar-refractivity contribution in [3.05, 3.63) is 11.5 Å². The van der Waals surface area contributed by atoms with Gasteiger partial charge in [0, 0.05) is 6.54 Å². The fourth-order valence-corrected chi connectivity index (χ4v) is 3.65. The van der Waals surface area contributed by atoms with Gasteiger partial charge in [0.25, 0.3) is 0 Å². The molecule has 3 heterocycles. The molecule has 1 aliphatic heterocycles. The summed E-state index contributed by atoms with van der Waals surface area (Å²) >= 11 is 6.05. The van der Waals surface area contributed by atoms with E-state index in [1.54, 1.807) is 0 Å². The topological polar surface area (TPSA) is 172 Å². The van der Waals surface area contributed by atoms with Gasteiger partial charge < -0.3 is 34.8 Å². The van der Waals surface area contributed by atoms with Gasteiger partial charge in [-0.05, 0) is 30.4 Å². The Morgan fingerprint density at radius 3 is 2.76 bits per heavy atom. The van der Waals surface area contributed by atoms with E-state index >= 15 is 0 Å². The number of hydrogen-bond donors (Lipinski definition) is 5.